The van der Waals surface area contributed by atoms with E-state index in [4.69, 9.17) is 4.42 Å². The molecule has 140 valence electrons. The van der Waals surface area contributed by atoms with Gasteiger partial charge >= 0.3 is 0 Å². The molecule has 0 aromatic carbocycles. The molecule has 0 saturated carbocycles. The van der Waals surface area contributed by atoms with Gasteiger partial charge in [-0.05, 0) is 48.4 Å². The van der Waals surface area contributed by atoms with E-state index in [1.165, 1.54) is 4.91 Å². The minimum Gasteiger partial charge on any atom is -0.463 e. The molecule has 0 amide bonds. The summed E-state index contributed by atoms with van der Waals surface area (Å²) in [6, 6.07) is 7.81. The topological polar surface area (TPSA) is 37.9 Å². The number of rotatable bonds is 10. The molecule has 0 fully saturated rings. The molecule has 0 atom stereocenters. The number of allylic oxidation sites excluding steroid dienone is 2. The van der Waals surface area contributed by atoms with Crippen LogP contribution in [-0.4, -0.2) is 24.4 Å². The van der Waals surface area contributed by atoms with Crippen LogP contribution in [0, 0.1) is 0 Å². The van der Waals surface area contributed by atoms with E-state index in [-0.39, 0.29) is 0 Å². The lowest BCUT2D eigenvalue weighted by Gasteiger charge is -2.12. The van der Waals surface area contributed by atoms with Gasteiger partial charge in [0.05, 0.1) is 22.6 Å². The van der Waals surface area contributed by atoms with Crippen molar-refractivity contribution in [2.24, 2.45) is 9.98 Å². The van der Waals surface area contributed by atoms with Gasteiger partial charge in [-0.1, -0.05) is 31.4 Å². The number of aliphatic imine (C=N–C) groups is 2. The highest BCUT2D eigenvalue weighted by molar-refractivity contribution is 8.10. The van der Waals surface area contributed by atoms with Crippen molar-refractivity contribution in [1.29, 1.82) is 0 Å². The highest BCUT2D eigenvalue weighted by atomic mass is 32.2. The Bertz CT molecular complexity index is 873. The SMILES string of the molecule is C=C/C=C(/CS/C(=C(/N=C)C(=C)/N=C(\C)c1ccco1)c1cccs1)SC. The second-order valence-electron chi connectivity index (χ2n) is 5.30. The molecular formula is C21H22N2OS3. The fourth-order valence-electron chi connectivity index (χ4n) is 2.20. The van der Waals surface area contributed by atoms with Gasteiger partial charge in [0.15, 0.2) is 0 Å². The predicted molar refractivity (Wildman–Crippen MR) is 125 cm³/mol. The molecule has 0 aliphatic carbocycles. The van der Waals surface area contributed by atoms with Crippen LogP contribution < -0.4 is 0 Å². The number of furan rings is 1. The third-order valence-electron chi connectivity index (χ3n) is 3.50. The largest absolute Gasteiger partial charge is 0.463 e. The smallest absolute Gasteiger partial charge is 0.147 e. The summed E-state index contributed by atoms with van der Waals surface area (Å²) >= 11 is 5.08. The van der Waals surface area contributed by atoms with Crippen molar-refractivity contribution in [3.8, 4) is 0 Å². The van der Waals surface area contributed by atoms with Crippen molar-refractivity contribution in [3.63, 3.8) is 0 Å². The summed E-state index contributed by atoms with van der Waals surface area (Å²) in [4.78, 5) is 12.2. The molecule has 0 bridgehead atoms. The lowest BCUT2D eigenvalue weighted by atomic mass is 10.2. The zero-order valence-corrected chi connectivity index (χ0v) is 17.9. The molecule has 2 rings (SSSR count). The molecule has 6 heteroatoms. The fraction of sp³-hybridized carbons (Fsp3) is 0.143. The van der Waals surface area contributed by atoms with Crippen molar-refractivity contribution in [1.82, 2.24) is 0 Å². The maximum atomic E-state index is 5.41. The van der Waals surface area contributed by atoms with Crippen molar-refractivity contribution in [2.75, 3.05) is 12.0 Å². The van der Waals surface area contributed by atoms with Gasteiger partial charge in [0.2, 0.25) is 0 Å². The zero-order chi connectivity index (χ0) is 19.6. The van der Waals surface area contributed by atoms with Crippen LogP contribution in [0.15, 0.2) is 91.9 Å². The van der Waals surface area contributed by atoms with E-state index in [0.717, 1.165) is 21.2 Å². The Morgan fingerprint density at radius 1 is 1.33 bits per heavy atom. The monoisotopic (exact) mass is 414 g/mol. The Kier molecular flexibility index (Phi) is 8.64. The van der Waals surface area contributed by atoms with Crippen LogP contribution in [0.2, 0.25) is 0 Å². The zero-order valence-electron chi connectivity index (χ0n) is 15.5. The Hall–Kier alpha value is -2.02. The second-order valence-corrected chi connectivity index (χ2v) is 8.16. The van der Waals surface area contributed by atoms with Gasteiger partial charge in [-0.3, -0.25) is 4.99 Å². The maximum absolute atomic E-state index is 5.41. The minimum absolute atomic E-state index is 0.563. The number of thiophene rings is 1. The summed E-state index contributed by atoms with van der Waals surface area (Å²) < 4.78 is 5.41. The summed E-state index contributed by atoms with van der Waals surface area (Å²) in [6.07, 6.45) is 7.53. The number of hydrogen-bond donors (Lipinski definition) is 0. The molecule has 0 aliphatic rings. The number of nitrogens with zero attached hydrogens (tertiary/aromatic N) is 2. The van der Waals surface area contributed by atoms with Crippen LogP contribution in [0.3, 0.4) is 0 Å². The first kappa shape index (κ1) is 21.3. The predicted octanol–water partition coefficient (Wildman–Crippen LogP) is 6.90. The maximum Gasteiger partial charge on any atom is 0.147 e. The van der Waals surface area contributed by atoms with Crippen molar-refractivity contribution in [2.45, 2.75) is 6.92 Å². The van der Waals surface area contributed by atoms with Gasteiger partial charge < -0.3 is 4.42 Å². The molecule has 0 aliphatic heterocycles. The van der Waals surface area contributed by atoms with E-state index in [0.29, 0.717) is 17.2 Å². The van der Waals surface area contributed by atoms with Crippen LogP contribution in [-0.2, 0) is 0 Å². The third-order valence-corrected chi connectivity index (χ3v) is 6.66. The summed E-state index contributed by atoms with van der Waals surface area (Å²) in [7, 11) is 0. The Balaban J connectivity index is 2.39. The molecule has 2 heterocycles. The van der Waals surface area contributed by atoms with Crippen LogP contribution in [0.25, 0.3) is 4.91 Å². The van der Waals surface area contributed by atoms with Gasteiger partial charge in [-0.25, -0.2) is 4.99 Å². The van der Waals surface area contributed by atoms with E-state index in [2.05, 4.69) is 42.2 Å². The Morgan fingerprint density at radius 3 is 2.70 bits per heavy atom. The first-order chi connectivity index (χ1) is 13.1. The third kappa shape index (κ3) is 5.99. The molecule has 2 aromatic rings. The summed E-state index contributed by atoms with van der Waals surface area (Å²) in [6.45, 7) is 13.6. The van der Waals surface area contributed by atoms with Crippen LogP contribution in [0.1, 0.15) is 17.6 Å². The molecule has 27 heavy (non-hydrogen) atoms. The van der Waals surface area contributed by atoms with E-state index in [1.807, 2.05) is 42.7 Å². The lowest BCUT2D eigenvalue weighted by molar-refractivity contribution is 0.557. The van der Waals surface area contributed by atoms with Gasteiger partial charge in [-0.2, -0.15) is 0 Å². The highest BCUT2D eigenvalue weighted by Gasteiger charge is 2.15. The van der Waals surface area contributed by atoms with Gasteiger partial charge in [0.25, 0.3) is 0 Å². The first-order valence-corrected chi connectivity index (χ1v) is 11.2. The Morgan fingerprint density at radius 2 is 2.15 bits per heavy atom. The molecule has 2 aromatic heterocycles. The second kappa shape index (κ2) is 11.0. The lowest BCUT2D eigenvalue weighted by Crippen LogP contribution is -1.96. The van der Waals surface area contributed by atoms with Crippen molar-refractivity contribution < 1.29 is 4.42 Å². The number of hydrogen-bond acceptors (Lipinski definition) is 6. The summed E-state index contributed by atoms with van der Waals surface area (Å²) in [5, 5.41) is 2.05. The summed E-state index contributed by atoms with van der Waals surface area (Å²) in [5.41, 5.74) is 2.00. The van der Waals surface area contributed by atoms with E-state index >= 15 is 0 Å². The van der Waals surface area contributed by atoms with E-state index < -0.39 is 0 Å². The summed E-state index contributed by atoms with van der Waals surface area (Å²) in [5.74, 6) is 1.52. The van der Waals surface area contributed by atoms with Crippen LogP contribution in [0.4, 0.5) is 0 Å². The quantitative estimate of drug-likeness (QED) is 0.313. The molecule has 0 spiro atoms. The number of thioether (sulfide) groups is 2. The molecular weight excluding hydrogens is 392 g/mol. The minimum atomic E-state index is 0.563. The molecule has 0 radical (unpaired) electrons. The van der Waals surface area contributed by atoms with E-state index in [1.54, 1.807) is 41.1 Å². The van der Waals surface area contributed by atoms with Crippen molar-refractivity contribution in [3.05, 3.63) is 88.2 Å². The average Bonchev–Trinajstić information content (AvgIpc) is 3.37. The molecule has 0 saturated heterocycles. The van der Waals surface area contributed by atoms with Gasteiger partial charge in [0.1, 0.15) is 11.5 Å². The van der Waals surface area contributed by atoms with Gasteiger partial charge in [-0.15, -0.1) is 34.9 Å². The molecule has 3 nitrogen and oxygen atoms in total. The normalized spacial score (nSPS) is 13.3. The fourth-order valence-corrected chi connectivity index (χ4v) is 4.98. The van der Waals surface area contributed by atoms with E-state index in [9.17, 15) is 0 Å². The first-order valence-electron chi connectivity index (χ1n) is 8.12. The van der Waals surface area contributed by atoms with Gasteiger partial charge in [0, 0.05) is 10.6 Å². The molecule has 0 unspecified atom stereocenters. The Labute approximate surface area is 173 Å². The van der Waals surface area contributed by atoms with Crippen LogP contribution >= 0.6 is 34.9 Å². The van der Waals surface area contributed by atoms with Crippen molar-refractivity contribution >= 4 is 52.2 Å². The van der Waals surface area contributed by atoms with Crippen LogP contribution in [0.5, 0.6) is 0 Å². The highest BCUT2D eigenvalue weighted by Crippen LogP contribution is 2.38. The molecule has 0 N–H and O–H groups in total. The standard InChI is InChI=1S/C21H22N2OS3/c1-6-9-17(25-5)14-27-21(19-11-8-13-26-19)20(22-4)16(3)23-15(2)18-10-7-12-24-18/h6-13H,1,3-4,14H2,2,5H3/b17-9-,21-20+,23-15+. The average molecular weight is 415 g/mol.